The topological polar surface area (TPSA) is 82.2 Å². The first kappa shape index (κ1) is 30.6. The van der Waals surface area contributed by atoms with Gasteiger partial charge in [0.25, 0.3) is 0 Å². The van der Waals surface area contributed by atoms with Gasteiger partial charge in [-0.1, -0.05) is 25.1 Å². The number of carbonyl (C=O) groups excluding carboxylic acids is 3. The molecule has 1 heterocycles. The summed E-state index contributed by atoms with van der Waals surface area (Å²) in [5.41, 5.74) is -2.72. The molecular formula is C26H28F6N4O4. The highest BCUT2D eigenvalue weighted by Crippen LogP contribution is 2.36. The summed E-state index contributed by atoms with van der Waals surface area (Å²) in [7, 11) is 1.48. The maximum atomic E-state index is 13.2. The minimum absolute atomic E-state index is 0.00598. The Morgan fingerprint density at radius 2 is 1.73 bits per heavy atom. The number of urea groups is 1. The first-order chi connectivity index (χ1) is 18.8. The number of benzene rings is 2. The lowest BCUT2D eigenvalue weighted by Gasteiger charge is -2.44. The summed E-state index contributed by atoms with van der Waals surface area (Å²) in [6.45, 7) is 0.911. The molecule has 1 saturated heterocycles. The fraction of sp³-hybridized carbons (Fsp3) is 0.423. The summed E-state index contributed by atoms with van der Waals surface area (Å²) in [4.78, 5) is 41.6. The highest BCUT2D eigenvalue weighted by Gasteiger charge is 2.38. The average molecular weight is 575 g/mol. The smallest absolute Gasteiger partial charge is 0.416 e. The summed E-state index contributed by atoms with van der Waals surface area (Å²) in [5.74, 6) is 0.155. The molecule has 0 aliphatic carbocycles. The highest BCUT2D eigenvalue weighted by molar-refractivity contribution is 5.82. The van der Waals surface area contributed by atoms with Crippen LogP contribution in [0.4, 0.5) is 31.1 Å². The second kappa shape index (κ2) is 12.5. The lowest BCUT2D eigenvalue weighted by atomic mass is 10.0. The third kappa shape index (κ3) is 7.36. The van der Waals surface area contributed by atoms with Crippen molar-refractivity contribution in [3.05, 3.63) is 64.7 Å². The van der Waals surface area contributed by atoms with E-state index in [1.54, 1.807) is 31.2 Å². The maximum Gasteiger partial charge on any atom is 0.416 e. The third-order valence-corrected chi connectivity index (χ3v) is 6.30. The first-order valence-corrected chi connectivity index (χ1v) is 12.2. The Bertz CT molecular complexity index is 1190. The van der Waals surface area contributed by atoms with Crippen LogP contribution in [0.1, 0.15) is 35.6 Å². The van der Waals surface area contributed by atoms with Crippen LogP contribution in [-0.2, 0) is 35.0 Å². The summed E-state index contributed by atoms with van der Waals surface area (Å²) in [6.07, 6.45) is -10.2. The van der Waals surface area contributed by atoms with Crippen LogP contribution in [-0.4, -0.2) is 66.0 Å². The van der Waals surface area contributed by atoms with Crippen molar-refractivity contribution in [2.24, 2.45) is 0 Å². The summed E-state index contributed by atoms with van der Waals surface area (Å²) in [5, 5.41) is 2.36. The zero-order valence-corrected chi connectivity index (χ0v) is 21.7. The van der Waals surface area contributed by atoms with Crippen molar-refractivity contribution in [1.29, 1.82) is 0 Å². The quantitative estimate of drug-likeness (QED) is 0.354. The van der Waals surface area contributed by atoms with Gasteiger partial charge in [-0.3, -0.25) is 9.59 Å². The van der Waals surface area contributed by atoms with Crippen molar-refractivity contribution in [3.63, 3.8) is 0 Å². The molecule has 1 aliphatic heterocycles. The van der Waals surface area contributed by atoms with Gasteiger partial charge in [-0.25, -0.2) is 4.79 Å². The van der Waals surface area contributed by atoms with Crippen molar-refractivity contribution in [2.75, 3.05) is 26.7 Å². The number of alkyl halides is 6. The van der Waals surface area contributed by atoms with Gasteiger partial charge in [0, 0.05) is 25.2 Å². The molecule has 3 rings (SSSR count). The molecule has 2 aromatic carbocycles. The van der Waals surface area contributed by atoms with Crippen LogP contribution in [0, 0.1) is 0 Å². The fourth-order valence-electron chi connectivity index (χ4n) is 4.37. The van der Waals surface area contributed by atoms with Crippen LogP contribution in [0.3, 0.4) is 0 Å². The Balaban J connectivity index is 1.83. The van der Waals surface area contributed by atoms with E-state index in [9.17, 15) is 40.7 Å². The standard InChI is InChI=1S/C26H28F6N4O4/c1-3-8-36(24(39)33-12-17-9-19(25(27,28)29)11-20(10-17)26(30,31)32)22-14-34(23(38)15-35(22)16-37)13-18-6-4-5-7-21(18)40-2/h4-7,9-11,16,22H,3,8,12-15H2,1-2H3,(H,33,39). The van der Waals surface area contributed by atoms with E-state index in [0.717, 1.165) is 4.90 Å². The molecule has 14 heteroatoms. The molecule has 4 amide bonds. The van der Waals surface area contributed by atoms with E-state index in [1.165, 1.54) is 16.9 Å². The fourth-order valence-corrected chi connectivity index (χ4v) is 4.37. The summed E-state index contributed by atoms with van der Waals surface area (Å²) < 4.78 is 84.6. The summed E-state index contributed by atoms with van der Waals surface area (Å²) >= 11 is 0. The van der Waals surface area contributed by atoms with E-state index in [4.69, 9.17) is 4.74 Å². The second-order valence-electron chi connectivity index (χ2n) is 9.11. The van der Waals surface area contributed by atoms with Crippen LogP contribution in [0.5, 0.6) is 5.75 Å². The first-order valence-electron chi connectivity index (χ1n) is 12.2. The summed E-state index contributed by atoms with van der Waals surface area (Å²) in [6, 6.07) is 7.24. The number of carbonyl (C=O) groups is 3. The Morgan fingerprint density at radius 3 is 2.27 bits per heavy atom. The van der Waals surface area contributed by atoms with Crippen molar-refractivity contribution in [2.45, 2.75) is 45.0 Å². The predicted octanol–water partition coefficient (Wildman–Crippen LogP) is 4.48. The van der Waals surface area contributed by atoms with E-state index in [2.05, 4.69) is 5.32 Å². The van der Waals surface area contributed by atoms with Crippen LogP contribution >= 0.6 is 0 Å². The third-order valence-electron chi connectivity index (χ3n) is 6.30. The van der Waals surface area contributed by atoms with E-state index < -0.39 is 47.8 Å². The number of para-hydroxylation sites is 1. The largest absolute Gasteiger partial charge is 0.496 e. The lowest BCUT2D eigenvalue weighted by Crippen LogP contribution is -2.64. The van der Waals surface area contributed by atoms with Crippen molar-refractivity contribution >= 4 is 18.3 Å². The second-order valence-corrected chi connectivity index (χ2v) is 9.11. The number of hydrogen-bond donors (Lipinski definition) is 1. The molecule has 0 saturated carbocycles. The number of methoxy groups -OCH3 is 1. The van der Waals surface area contributed by atoms with E-state index >= 15 is 0 Å². The van der Waals surface area contributed by atoms with E-state index in [0.29, 0.717) is 36.3 Å². The zero-order valence-electron chi connectivity index (χ0n) is 21.7. The molecule has 1 N–H and O–H groups in total. The number of hydrogen-bond acceptors (Lipinski definition) is 4. The van der Waals surface area contributed by atoms with Gasteiger partial charge >= 0.3 is 18.4 Å². The normalized spacial score (nSPS) is 16.1. The zero-order chi connectivity index (χ0) is 29.7. The number of nitrogens with one attached hydrogen (secondary N) is 1. The van der Waals surface area contributed by atoms with Gasteiger partial charge < -0.3 is 24.8 Å². The molecule has 0 spiro atoms. The molecule has 218 valence electrons. The van der Waals surface area contributed by atoms with Crippen LogP contribution in [0.25, 0.3) is 0 Å². The average Bonchev–Trinajstić information content (AvgIpc) is 2.90. The minimum Gasteiger partial charge on any atom is -0.496 e. The molecule has 1 aliphatic rings. The number of piperazine rings is 1. The van der Waals surface area contributed by atoms with Crippen LogP contribution in [0.2, 0.25) is 0 Å². The highest BCUT2D eigenvalue weighted by atomic mass is 19.4. The van der Waals surface area contributed by atoms with Crippen molar-refractivity contribution in [1.82, 2.24) is 20.0 Å². The van der Waals surface area contributed by atoms with Gasteiger partial charge in [0.2, 0.25) is 12.3 Å². The predicted molar refractivity (Wildman–Crippen MR) is 131 cm³/mol. The van der Waals surface area contributed by atoms with Gasteiger partial charge in [-0.15, -0.1) is 0 Å². The Hall–Kier alpha value is -3.97. The van der Waals surface area contributed by atoms with E-state index in [-0.39, 0.29) is 38.2 Å². The Kier molecular flexibility index (Phi) is 9.53. The Labute approximate surface area is 226 Å². The molecular weight excluding hydrogens is 546 g/mol. The Morgan fingerprint density at radius 1 is 1.10 bits per heavy atom. The SMILES string of the molecule is CCCN(C(=O)NCc1cc(C(F)(F)F)cc(C(F)(F)F)c1)C1CN(Cc2ccccc2OC)C(=O)CN1C=O. The molecule has 2 aromatic rings. The lowest BCUT2D eigenvalue weighted by molar-refractivity contribution is -0.148. The number of amides is 4. The van der Waals surface area contributed by atoms with Gasteiger partial charge in [0.1, 0.15) is 18.5 Å². The molecule has 40 heavy (non-hydrogen) atoms. The van der Waals surface area contributed by atoms with Crippen molar-refractivity contribution in [3.8, 4) is 5.75 Å². The molecule has 1 atom stereocenters. The monoisotopic (exact) mass is 574 g/mol. The molecule has 0 aromatic heterocycles. The number of rotatable bonds is 9. The van der Waals surface area contributed by atoms with Gasteiger partial charge in [0.05, 0.1) is 24.8 Å². The van der Waals surface area contributed by atoms with Crippen molar-refractivity contribution < 1.29 is 45.5 Å². The van der Waals surface area contributed by atoms with Gasteiger partial charge in [0.15, 0.2) is 0 Å². The molecule has 1 unspecified atom stereocenters. The number of nitrogens with zero attached hydrogens (tertiary/aromatic N) is 3. The van der Waals surface area contributed by atoms with Gasteiger partial charge in [-0.2, -0.15) is 26.3 Å². The number of ether oxygens (including phenoxy) is 1. The number of halogens is 6. The molecule has 0 bridgehead atoms. The minimum atomic E-state index is -5.03. The van der Waals surface area contributed by atoms with Crippen LogP contribution < -0.4 is 10.1 Å². The maximum absolute atomic E-state index is 13.2. The van der Waals surface area contributed by atoms with E-state index in [1.807, 2.05) is 0 Å². The van der Waals surface area contributed by atoms with Gasteiger partial charge in [-0.05, 0) is 36.2 Å². The molecule has 0 radical (unpaired) electrons. The molecule has 8 nitrogen and oxygen atoms in total. The van der Waals surface area contributed by atoms with Crippen LogP contribution in [0.15, 0.2) is 42.5 Å². The molecule has 1 fully saturated rings.